The minimum absolute atomic E-state index is 0.0665. The summed E-state index contributed by atoms with van der Waals surface area (Å²) in [5.41, 5.74) is -0.0388. The second kappa shape index (κ2) is 4.14. The van der Waals surface area contributed by atoms with E-state index in [0.29, 0.717) is 5.58 Å². The van der Waals surface area contributed by atoms with E-state index < -0.39 is 5.63 Å². The third-order valence-corrected chi connectivity index (χ3v) is 2.22. The molecule has 0 aliphatic carbocycles. The average molecular weight is 214 g/mol. The van der Waals surface area contributed by atoms with Gasteiger partial charge in [-0.1, -0.05) is 24.3 Å². The van der Waals surface area contributed by atoms with Gasteiger partial charge in [0, 0.05) is 5.39 Å². The molecule has 1 aromatic carbocycles. The summed E-state index contributed by atoms with van der Waals surface area (Å²) in [6.07, 6.45) is 2.94. The van der Waals surface area contributed by atoms with Gasteiger partial charge in [-0.2, -0.15) is 0 Å². The molecule has 0 spiro atoms. The number of fused-ring (bicyclic) bond motifs is 1. The number of para-hydroxylation sites is 1. The van der Waals surface area contributed by atoms with Crippen LogP contribution in [0.5, 0.6) is 0 Å². The fraction of sp³-hybridized carbons (Fsp3) is 0.0769. The lowest BCUT2D eigenvalue weighted by Crippen LogP contribution is -2.11. The predicted octanol–water partition coefficient (Wildman–Crippen LogP) is 2.55. The van der Waals surface area contributed by atoms with E-state index in [1.165, 1.54) is 6.08 Å². The number of allylic oxidation sites excluding steroid dienone is 2. The van der Waals surface area contributed by atoms with Crippen LogP contribution in [0, 0.1) is 0 Å². The van der Waals surface area contributed by atoms with Crippen molar-refractivity contribution in [3.8, 4) is 0 Å². The van der Waals surface area contributed by atoms with E-state index in [2.05, 4.69) is 0 Å². The maximum Gasteiger partial charge on any atom is 0.347 e. The summed E-state index contributed by atoms with van der Waals surface area (Å²) < 4.78 is 5.05. The first-order valence-electron chi connectivity index (χ1n) is 4.92. The zero-order valence-electron chi connectivity index (χ0n) is 8.77. The van der Waals surface area contributed by atoms with Crippen molar-refractivity contribution >= 4 is 16.8 Å². The Balaban J connectivity index is 2.67. The van der Waals surface area contributed by atoms with E-state index in [-0.39, 0.29) is 11.3 Å². The lowest BCUT2D eigenvalue weighted by molar-refractivity contribution is 0.104. The molecule has 0 atom stereocenters. The molecule has 0 aliphatic rings. The third-order valence-electron chi connectivity index (χ3n) is 2.22. The second-order valence-corrected chi connectivity index (χ2v) is 3.35. The molecule has 1 heterocycles. The van der Waals surface area contributed by atoms with Crippen LogP contribution in [0.1, 0.15) is 17.3 Å². The molecule has 3 heteroatoms. The Morgan fingerprint density at radius 1 is 1.31 bits per heavy atom. The van der Waals surface area contributed by atoms with Crippen molar-refractivity contribution in [1.82, 2.24) is 0 Å². The summed E-state index contributed by atoms with van der Waals surface area (Å²) in [4.78, 5) is 23.1. The summed E-state index contributed by atoms with van der Waals surface area (Å²) in [6, 6.07) is 8.65. The molecule has 1 aromatic heterocycles. The molecule has 16 heavy (non-hydrogen) atoms. The minimum Gasteiger partial charge on any atom is -0.422 e. The number of rotatable bonds is 2. The minimum atomic E-state index is -0.596. The zero-order valence-corrected chi connectivity index (χ0v) is 8.77. The molecule has 0 saturated heterocycles. The first-order chi connectivity index (χ1) is 7.72. The Morgan fingerprint density at radius 3 is 2.81 bits per heavy atom. The lowest BCUT2D eigenvalue weighted by atomic mass is 10.1. The largest absolute Gasteiger partial charge is 0.422 e. The monoisotopic (exact) mass is 214 g/mol. The summed E-state index contributed by atoms with van der Waals surface area (Å²) >= 11 is 0. The molecule has 3 nitrogen and oxygen atoms in total. The van der Waals surface area contributed by atoms with E-state index in [1.54, 1.807) is 37.3 Å². The predicted molar refractivity (Wildman–Crippen MR) is 61.6 cm³/mol. The quantitative estimate of drug-likeness (QED) is 0.438. The molecule has 0 radical (unpaired) electrons. The van der Waals surface area contributed by atoms with Crippen molar-refractivity contribution in [3.05, 3.63) is 58.5 Å². The Morgan fingerprint density at radius 2 is 2.06 bits per heavy atom. The van der Waals surface area contributed by atoms with Gasteiger partial charge in [-0.05, 0) is 25.1 Å². The molecule has 0 N–H and O–H groups in total. The van der Waals surface area contributed by atoms with Crippen LogP contribution < -0.4 is 5.63 Å². The lowest BCUT2D eigenvalue weighted by Gasteiger charge is -1.98. The summed E-state index contributed by atoms with van der Waals surface area (Å²) in [5, 5.41) is 0.745. The van der Waals surface area contributed by atoms with Crippen LogP contribution in [0.4, 0.5) is 0 Å². The first-order valence-corrected chi connectivity index (χ1v) is 4.92. The van der Waals surface area contributed by atoms with Gasteiger partial charge in [-0.25, -0.2) is 4.79 Å². The van der Waals surface area contributed by atoms with Crippen LogP contribution in [0.15, 0.2) is 51.7 Å². The molecule has 2 aromatic rings. The Hall–Kier alpha value is -2.16. The van der Waals surface area contributed by atoms with E-state index in [1.807, 2.05) is 6.07 Å². The number of benzene rings is 1. The van der Waals surface area contributed by atoms with Gasteiger partial charge in [-0.3, -0.25) is 4.79 Å². The van der Waals surface area contributed by atoms with Crippen molar-refractivity contribution in [2.24, 2.45) is 0 Å². The van der Waals surface area contributed by atoms with Crippen LogP contribution in [-0.2, 0) is 0 Å². The van der Waals surface area contributed by atoms with Crippen molar-refractivity contribution in [2.45, 2.75) is 6.92 Å². The number of ketones is 1. The zero-order chi connectivity index (χ0) is 11.5. The van der Waals surface area contributed by atoms with E-state index in [9.17, 15) is 9.59 Å². The smallest absolute Gasteiger partial charge is 0.347 e. The van der Waals surface area contributed by atoms with Gasteiger partial charge in [-0.15, -0.1) is 0 Å². The summed E-state index contributed by atoms with van der Waals surface area (Å²) in [6.45, 7) is 1.72. The van der Waals surface area contributed by atoms with Crippen molar-refractivity contribution < 1.29 is 9.21 Å². The second-order valence-electron chi connectivity index (χ2n) is 3.35. The molecule has 0 fully saturated rings. The summed E-state index contributed by atoms with van der Waals surface area (Å²) in [7, 11) is 0. The third kappa shape index (κ3) is 1.80. The molecular weight excluding hydrogens is 204 g/mol. The number of hydrogen-bond acceptors (Lipinski definition) is 3. The SMILES string of the molecule is C/C=C/C(=O)c1cc2ccccc2oc1=O. The van der Waals surface area contributed by atoms with E-state index in [0.717, 1.165) is 5.39 Å². The van der Waals surface area contributed by atoms with Crippen LogP contribution in [0.25, 0.3) is 11.0 Å². The molecule has 80 valence electrons. The van der Waals surface area contributed by atoms with Crippen LogP contribution >= 0.6 is 0 Å². The molecule has 0 unspecified atom stereocenters. The first kappa shape index (κ1) is 10.4. The highest BCUT2D eigenvalue weighted by molar-refractivity contribution is 6.05. The van der Waals surface area contributed by atoms with Crippen molar-refractivity contribution in [2.75, 3.05) is 0 Å². The van der Waals surface area contributed by atoms with Crippen molar-refractivity contribution in [3.63, 3.8) is 0 Å². The van der Waals surface area contributed by atoms with Gasteiger partial charge >= 0.3 is 5.63 Å². The topological polar surface area (TPSA) is 47.3 Å². The van der Waals surface area contributed by atoms with Gasteiger partial charge < -0.3 is 4.42 Å². The molecular formula is C13H10O3. The number of carbonyl (C=O) groups excluding carboxylic acids is 1. The molecule has 2 rings (SSSR count). The fourth-order valence-corrected chi connectivity index (χ4v) is 1.47. The summed E-state index contributed by atoms with van der Waals surface area (Å²) in [5.74, 6) is -0.331. The maximum atomic E-state index is 11.6. The highest BCUT2D eigenvalue weighted by Gasteiger charge is 2.10. The molecule has 0 bridgehead atoms. The normalized spacial score (nSPS) is 11.1. The number of hydrogen-bond donors (Lipinski definition) is 0. The molecule has 0 saturated carbocycles. The standard InChI is InChI=1S/C13H10O3/c1-2-5-11(14)10-8-9-6-3-4-7-12(9)16-13(10)15/h2-8H,1H3/b5-2+. The van der Waals surface area contributed by atoms with Crippen LogP contribution in [-0.4, -0.2) is 5.78 Å². The Kier molecular flexibility index (Phi) is 2.68. The highest BCUT2D eigenvalue weighted by atomic mass is 16.4. The van der Waals surface area contributed by atoms with E-state index in [4.69, 9.17) is 4.42 Å². The maximum absolute atomic E-state index is 11.6. The van der Waals surface area contributed by atoms with Gasteiger partial charge in [0.1, 0.15) is 11.1 Å². The molecule has 0 amide bonds. The Labute approximate surface area is 92.0 Å². The van der Waals surface area contributed by atoms with E-state index >= 15 is 0 Å². The Bertz CT molecular complexity index is 620. The van der Waals surface area contributed by atoms with Gasteiger partial charge in [0.05, 0.1) is 0 Å². The van der Waals surface area contributed by atoms with Gasteiger partial charge in [0.15, 0.2) is 5.78 Å². The van der Waals surface area contributed by atoms with Crippen molar-refractivity contribution in [1.29, 1.82) is 0 Å². The highest BCUT2D eigenvalue weighted by Crippen LogP contribution is 2.12. The van der Waals surface area contributed by atoms with Crippen LogP contribution in [0.3, 0.4) is 0 Å². The number of carbonyl (C=O) groups is 1. The average Bonchev–Trinajstić information content (AvgIpc) is 2.28. The van der Waals surface area contributed by atoms with Crippen LogP contribution in [0.2, 0.25) is 0 Å². The fourth-order valence-electron chi connectivity index (χ4n) is 1.47. The van der Waals surface area contributed by atoms with Gasteiger partial charge in [0.25, 0.3) is 0 Å². The van der Waals surface area contributed by atoms with Gasteiger partial charge in [0.2, 0.25) is 0 Å². The molecule has 0 aliphatic heterocycles.